The molecule has 8 heteroatoms. The van der Waals surface area contributed by atoms with E-state index in [1.54, 1.807) is 12.1 Å². The Hall–Kier alpha value is -2.64. The standard InChI is InChI=1S/C31H38N2O4SSi/c1-23-17-19-24(20-18-23)38(34)33-27(21-32)29-28(36-31(5,6)37-29)22-35-39(30(2,3)4,25-13-9-7-10-14-25)26-15-11-8-12-16-26/h7-20,27-29,33H,22H2,1-6H3/t27-,28-,29-,38-/m0/s1. The molecule has 6 nitrogen and oxygen atoms in total. The van der Waals surface area contributed by atoms with Crippen molar-refractivity contribution in [3.05, 3.63) is 90.5 Å². The third kappa shape index (κ3) is 6.41. The molecule has 3 aromatic carbocycles. The Balaban J connectivity index is 1.65. The maximum atomic E-state index is 13.1. The van der Waals surface area contributed by atoms with E-state index in [-0.39, 0.29) is 11.6 Å². The van der Waals surface area contributed by atoms with Crippen LogP contribution in [0.15, 0.2) is 89.8 Å². The van der Waals surface area contributed by atoms with Gasteiger partial charge in [0, 0.05) is 0 Å². The predicted molar refractivity (Wildman–Crippen MR) is 158 cm³/mol. The van der Waals surface area contributed by atoms with Crippen molar-refractivity contribution in [3.63, 3.8) is 0 Å². The molecule has 1 N–H and O–H groups in total. The van der Waals surface area contributed by atoms with Crippen LogP contribution in [0, 0.1) is 18.3 Å². The summed E-state index contributed by atoms with van der Waals surface area (Å²) in [4.78, 5) is 0.596. The van der Waals surface area contributed by atoms with Gasteiger partial charge in [0.05, 0.1) is 17.6 Å². The first kappa shape index (κ1) is 29.3. The van der Waals surface area contributed by atoms with Crippen LogP contribution in [0.1, 0.15) is 40.2 Å². The summed E-state index contributed by atoms with van der Waals surface area (Å²) in [5.41, 5.74) is 1.07. The lowest BCUT2D eigenvalue weighted by atomic mass is 10.1. The second kappa shape index (κ2) is 11.8. The lowest BCUT2D eigenvalue weighted by molar-refractivity contribution is -0.149. The van der Waals surface area contributed by atoms with E-state index in [9.17, 15) is 9.47 Å². The molecule has 1 heterocycles. The highest BCUT2D eigenvalue weighted by Crippen LogP contribution is 2.38. The molecule has 0 saturated carbocycles. The van der Waals surface area contributed by atoms with E-state index in [4.69, 9.17) is 13.9 Å². The highest BCUT2D eigenvalue weighted by atomic mass is 32.2. The van der Waals surface area contributed by atoms with Crippen molar-refractivity contribution in [2.45, 2.75) is 75.5 Å². The van der Waals surface area contributed by atoms with E-state index in [0.717, 1.165) is 15.9 Å². The third-order valence-corrected chi connectivity index (χ3v) is 13.2. The number of nitriles is 1. The normalized spacial score (nSPS) is 20.7. The SMILES string of the molecule is Cc1ccc([S@](=O)N[C@@H](C#N)[C@@H]2OC(C)(C)O[C@H]2CO[Si](c2ccccc2)(c2ccccc2)C(C)(C)C)cc1. The van der Waals surface area contributed by atoms with Crippen LogP contribution < -0.4 is 15.1 Å². The lowest BCUT2D eigenvalue weighted by Gasteiger charge is -2.43. The smallest absolute Gasteiger partial charge is 0.261 e. The topological polar surface area (TPSA) is 80.6 Å². The van der Waals surface area contributed by atoms with E-state index in [0.29, 0.717) is 4.90 Å². The lowest BCUT2D eigenvalue weighted by Crippen LogP contribution is -2.67. The van der Waals surface area contributed by atoms with Gasteiger partial charge < -0.3 is 13.9 Å². The van der Waals surface area contributed by atoms with Crippen LogP contribution in [-0.2, 0) is 24.9 Å². The van der Waals surface area contributed by atoms with Gasteiger partial charge in [-0.25, -0.2) is 8.93 Å². The van der Waals surface area contributed by atoms with Crippen molar-refractivity contribution in [1.29, 1.82) is 5.26 Å². The van der Waals surface area contributed by atoms with E-state index in [2.05, 4.69) is 55.8 Å². The van der Waals surface area contributed by atoms with Crippen molar-refractivity contribution >= 4 is 29.7 Å². The summed E-state index contributed by atoms with van der Waals surface area (Å²) in [7, 11) is -4.42. The van der Waals surface area contributed by atoms with Crippen LogP contribution in [0.5, 0.6) is 0 Å². The molecule has 1 aliphatic rings. The zero-order chi connectivity index (χ0) is 28.3. The van der Waals surface area contributed by atoms with E-state index < -0.39 is 43.3 Å². The van der Waals surface area contributed by atoms with E-state index in [1.165, 1.54) is 0 Å². The average molecular weight is 563 g/mol. The van der Waals surface area contributed by atoms with Gasteiger partial charge in [0.2, 0.25) is 0 Å². The second-order valence-electron chi connectivity index (χ2n) is 11.4. The first-order chi connectivity index (χ1) is 18.5. The van der Waals surface area contributed by atoms with Gasteiger partial charge in [0.15, 0.2) is 5.79 Å². The molecule has 1 fully saturated rings. The fraction of sp³-hybridized carbons (Fsp3) is 0.387. The van der Waals surface area contributed by atoms with Crippen molar-refractivity contribution in [2.75, 3.05) is 6.61 Å². The summed E-state index contributed by atoms with van der Waals surface area (Å²) in [5.74, 6) is -0.924. The van der Waals surface area contributed by atoms with Gasteiger partial charge in [0.25, 0.3) is 8.32 Å². The molecule has 4 rings (SSSR count). The Bertz CT molecular complexity index is 1260. The van der Waals surface area contributed by atoms with Gasteiger partial charge in [-0.05, 0) is 48.3 Å². The van der Waals surface area contributed by atoms with Crippen LogP contribution in [0.3, 0.4) is 0 Å². The molecule has 0 spiro atoms. The summed E-state index contributed by atoms with van der Waals surface area (Å²) in [5, 5.41) is 12.2. The fourth-order valence-electron chi connectivity index (χ4n) is 5.26. The number of nitrogens with zero attached hydrogens (tertiary/aromatic N) is 1. The van der Waals surface area contributed by atoms with Gasteiger partial charge in [-0.2, -0.15) is 5.26 Å². The zero-order valence-corrected chi connectivity index (χ0v) is 25.3. The summed E-state index contributed by atoms with van der Waals surface area (Å²) in [6.45, 7) is 12.5. The number of rotatable bonds is 9. The van der Waals surface area contributed by atoms with Gasteiger partial charge in [-0.1, -0.05) is 99.1 Å². The molecule has 206 valence electrons. The van der Waals surface area contributed by atoms with Crippen molar-refractivity contribution in [3.8, 4) is 6.07 Å². The molecular weight excluding hydrogens is 525 g/mol. The minimum atomic E-state index is -2.83. The number of nitrogens with one attached hydrogen (secondary N) is 1. The van der Waals surface area contributed by atoms with Crippen LogP contribution >= 0.6 is 0 Å². The van der Waals surface area contributed by atoms with E-state index >= 15 is 0 Å². The quantitative estimate of drug-likeness (QED) is 0.386. The molecule has 0 unspecified atom stereocenters. The Kier molecular flexibility index (Phi) is 8.91. The Morgan fingerprint density at radius 2 is 1.51 bits per heavy atom. The molecule has 1 aliphatic heterocycles. The van der Waals surface area contributed by atoms with Crippen molar-refractivity contribution in [2.24, 2.45) is 0 Å². The van der Waals surface area contributed by atoms with Gasteiger partial charge >= 0.3 is 0 Å². The molecular formula is C31H38N2O4SSi. The fourth-order valence-corrected chi connectivity index (χ4v) is 10.8. The second-order valence-corrected chi connectivity index (χ2v) is 17.0. The Morgan fingerprint density at radius 1 is 0.974 bits per heavy atom. The van der Waals surface area contributed by atoms with Crippen molar-refractivity contribution in [1.82, 2.24) is 4.72 Å². The maximum absolute atomic E-state index is 13.1. The minimum Gasteiger partial charge on any atom is -0.405 e. The van der Waals surface area contributed by atoms with E-state index in [1.807, 2.05) is 69.3 Å². The molecule has 4 atom stereocenters. The van der Waals surface area contributed by atoms with Crippen molar-refractivity contribution < 1.29 is 18.1 Å². The first-order valence-electron chi connectivity index (χ1n) is 13.2. The summed E-state index contributed by atoms with van der Waals surface area (Å²) in [6.07, 6.45) is -1.23. The molecule has 0 amide bonds. The van der Waals surface area contributed by atoms with Gasteiger partial charge in [0.1, 0.15) is 29.2 Å². The van der Waals surface area contributed by atoms with Crippen LogP contribution in [0.4, 0.5) is 0 Å². The van der Waals surface area contributed by atoms with Crippen LogP contribution in [0.25, 0.3) is 0 Å². The highest BCUT2D eigenvalue weighted by Gasteiger charge is 2.53. The average Bonchev–Trinajstić information content (AvgIpc) is 3.22. The number of hydrogen-bond acceptors (Lipinski definition) is 5. The van der Waals surface area contributed by atoms with Crippen LogP contribution in [-0.4, -0.2) is 43.2 Å². The largest absolute Gasteiger partial charge is 0.405 e. The zero-order valence-electron chi connectivity index (χ0n) is 23.5. The molecule has 0 aromatic heterocycles. The molecule has 0 bridgehead atoms. The predicted octanol–water partition coefficient (Wildman–Crippen LogP) is 4.60. The number of ether oxygens (including phenoxy) is 2. The molecule has 1 saturated heterocycles. The minimum absolute atomic E-state index is 0.208. The molecule has 3 aromatic rings. The molecule has 0 aliphatic carbocycles. The first-order valence-corrected chi connectivity index (χ1v) is 16.3. The molecule has 0 radical (unpaired) electrons. The highest BCUT2D eigenvalue weighted by molar-refractivity contribution is 7.83. The maximum Gasteiger partial charge on any atom is 0.261 e. The Morgan fingerprint density at radius 3 is 2.00 bits per heavy atom. The van der Waals surface area contributed by atoms with Crippen LogP contribution in [0.2, 0.25) is 5.04 Å². The van der Waals surface area contributed by atoms with Gasteiger partial charge in [-0.15, -0.1) is 0 Å². The number of benzene rings is 3. The summed E-state index contributed by atoms with van der Waals surface area (Å²) < 4.78 is 35.7. The third-order valence-electron chi connectivity index (χ3n) is 7.04. The molecule has 39 heavy (non-hydrogen) atoms. The monoisotopic (exact) mass is 562 g/mol. The number of aryl methyl sites for hydroxylation is 1. The summed E-state index contributed by atoms with van der Waals surface area (Å²) in [6, 6.07) is 29.6. The Labute approximate surface area is 236 Å². The number of hydrogen-bond donors (Lipinski definition) is 1. The van der Waals surface area contributed by atoms with Gasteiger partial charge in [-0.3, -0.25) is 0 Å². The summed E-state index contributed by atoms with van der Waals surface area (Å²) >= 11 is 0.